The van der Waals surface area contributed by atoms with Gasteiger partial charge in [0.05, 0.1) is 0 Å². The molecular formula is C15H22N4O. The first-order valence-corrected chi connectivity index (χ1v) is 7.21. The Morgan fingerprint density at radius 3 is 2.90 bits per heavy atom. The summed E-state index contributed by atoms with van der Waals surface area (Å²) >= 11 is 0. The second kappa shape index (κ2) is 7.14. The number of pyridine rings is 1. The first kappa shape index (κ1) is 14.7. The van der Waals surface area contributed by atoms with Crippen LogP contribution < -0.4 is 5.32 Å². The molecule has 0 radical (unpaired) electrons. The number of hydrogen-bond donors (Lipinski definition) is 1. The molecule has 0 aliphatic heterocycles. The monoisotopic (exact) mass is 274 g/mol. The molecule has 5 heteroatoms. The maximum atomic E-state index is 5.36. The molecule has 0 amide bonds. The van der Waals surface area contributed by atoms with E-state index in [0.29, 0.717) is 17.8 Å². The van der Waals surface area contributed by atoms with Crippen LogP contribution in [-0.4, -0.2) is 27.7 Å². The molecule has 5 nitrogen and oxygen atoms in total. The molecule has 20 heavy (non-hydrogen) atoms. The molecule has 1 unspecified atom stereocenters. The van der Waals surface area contributed by atoms with E-state index in [-0.39, 0.29) is 0 Å². The molecule has 1 atom stereocenters. The minimum atomic E-state index is 0.391. The van der Waals surface area contributed by atoms with Crippen molar-refractivity contribution >= 4 is 0 Å². The number of nitrogens with one attached hydrogen (secondary N) is 1. The summed E-state index contributed by atoms with van der Waals surface area (Å²) in [4.78, 5) is 8.57. The van der Waals surface area contributed by atoms with Gasteiger partial charge in [0.15, 0.2) is 0 Å². The highest BCUT2D eigenvalue weighted by Gasteiger charge is 2.14. The highest BCUT2D eigenvalue weighted by molar-refractivity contribution is 5.57. The predicted molar refractivity (Wildman–Crippen MR) is 78.3 cm³/mol. The van der Waals surface area contributed by atoms with Crippen LogP contribution in [-0.2, 0) is 6.42 Å². The van der Waals surface area contributed by atoms with Crippen molar-refractivity contribution in [2.24, 2.45) is 0 Å². The van der Waals surface area contributed by atoms with Crippen molar-refractivity contribution in [2.75, 3.05) is 6.54 Å². The second-order valence-electron chi connectivity index (χ2n) is 4.97. The maximum absolute atomic E-state index is 5.36. The van der Waals surface area contributed by atoms with E-state index in [1.165, 1.54) is 0 Å². The zero-order valence-corrected chi connectivity index (χ0v) is 12.4. The molecule has 0 aromatic carbocycles. The van der Waals surface area contributed by atoms with Crippen LogP contribution in [0.25, 0.3) is 11.4 Å². The third kappa shape index (κ3) is 3.63. The van der Waals surface area contributed by atoms with Crippen molar-refractivity contribution in [1.82, 2.24) is 20.4 Å². The van der Waals surface area contributed by atoms with Crippen LogP contribution in [0, 0.1) is 6.92 Å². The quantitative estimate of drug-likeness (QED) is 0.841. The molecule has 2 aromatic rings. The zero-order valence-electron chi connectivity index (χ0n) is 12.4. The molecule has 2 aromatic heterocycles. The molecule has 108 valence electrons. The third-order valence-electron chi connectivity index (χ3n) is 3.33. The fraction of sp³-hybridized carbons (Fsp3) is 0.533. The van der Waals surface area contributed by atoms with Crippen LogP contribution in [0.2, 0.25) is 0 Å². The molecular weight excluding hydrogens is 252 g/mol. The van der Waals surface area contributed by atoms with Crippen molar-refractivity contribution in [1.29, 1.82) is 0 Å². The van der Waals surface area contributed by atoms with Gasteiger partial charge in [-0.2, -0.15) is 4.98 Å². The van der Waals surface area contributed by atoms with Crippen molar-refractivity contribution in [3.8, 4) is 11.4 Å². The van der Waals surface area contributed by atoms with Gasteiger partial charge in [-0.1, -0.05) is 19.0 Å². The lowest BCUT2D eigenvalue weighted by Gasteiger charge is -2.13. The van der Waals surface area contributed by atoms with Crippen LogP contribution in [0.3, 0.4) is 0 Å². The molecule has 0 fully saturated rings. The van der Waals surface area contributed by atoms with E-state index >= 15 is 0 Å². The van der Waals surface area contributed by atoms with Crippen molar-refractivity contribution < 1.29 is 4.52 Å². The Bertz CT molecular complexity index is 538. The van der Waals surface area contributed by atoms with Crippen molar-refractivity contribution in [3.05, 3.63) is 29.9 Å². The predicted octanol–water partition coefficient (Wildman–Crippen LogP) is 2.76. The molecule has 0 saturated heterocycles. The molecule has 0 aliphatic rings. The van der Waals surface area contributed by atoms with E-state index in [0.717, 1.165) is 36.9 Å². The summed E-state index contributed by atoms with van der Waals surface area (Å²) in [6, 6.07) is 2.30. The van der Waals surface area contributed by atoms with E-state index in [1.807, 2.05) is 19.2 Å². The lowest BCUT2D eigenvalue weighted by molar-refractivity contribution is 0.354. The summed E-state index contributed by atoms with van der Waals surface area (Å²) < 4.78 is 5.36. The first-order valence-electron chi connectivity index (χ1n) is 7.21. The summed E-state index contributed by atoms with van der Waals surface area (Å²) in [5, 5.41) is 7.56. The topological polar surface area (TPSA) is 63.8 Å². The first-order chi connectivity index (χ1) is 9.74. The molecule has 2 rings (SSSR count). The van der Waals surface area contributed by atoms with Gasteiger partial charge < -0.3 is 9.84 Å². The fourth-order valence-electron chi connectivity index (χ4n) is 2.09. The summed E-state index contributed by atoms with van der Waals surface area (Å²) in [6.45, 7) is 7.34. The van der Waals surface area contributed by atoms with Gasteiger partial charge in [0, 0.05) is 30.4 Å². The summed E-state index contributed by atoms with van der Waals surface area (Å²) in [5.41, 5.74) is 2.03. The molecule has 2 heterocycles. The molecule has 0 spiro atoms. The normalized spacial score (nSPS) is 12.6. The Morgan fingerprint density at radius 1 is 1.35 bits per heavy atom. The van der Waals surface area contributed by atoms with Gasteiger partial charge in [0.25, 0.3) is 0 Å². The van der Waals surface area contributed by atoms with E-state index < -0.39 is 0 Å². The molecule has 0 saturated carbocycles. The third-order valence-corrected chi connectivity index (χ3v) is 3.33. The van der Waals surface area contributed by atoms with Crippen LogP contribution in [0.15, 0.2) is 23.0 Å². The van der Waals surface area contributed by atoms with Gasteiger partial charge in [-0.15, -0.1) is 0 Å². The van der Waals surface area contributed by atoms with E-state index in [4.69, 9.17) is 4.52 Å². The van der Waals surface area contributed by atoms with Gasteiger partial charge in [-0.05, 0) is 37.9 Å². The van der Waals surface area contributed by atoms with Gasteiger partial charge in [0.1, 0.15) is 0 Å². The number of nitrogens with zero attached hydrogens (tertiary/aromatic N) is 3. The minimum Gasteiger partial charge on any atom is -0.339 e. The Labute approximate surface area is 119 Å². The fourth-order valence-corrected chi connectivity index (χ4v) is 2.09. The Balaban J connectivity index is 2.07. The highest BCUT2D eigenvalue weighted by atomic mass is 16.5. The molecule has 0 aliphatic carbocycles. The SMILES string of the molecule is CCCNC(CC)Cc1nc(-c2ccncc2C)no1. The van der Waals surface area contributed by atoms with Gasteiger partial charge in [-0.25, -0.2) is 0 Å². The smallest absolute Gasteiger partial charge is 0.228 e. The standard InChI is InChI=1S/C15H22N4O/c1-4-7-17-12(5-2)9-14-18-15(19-20-14)13-6-8-16-10-11(13)3/h6,8,10,12,17H,4-5,7,9H2,1-3H3. The van der Waals surface area contributed by atoms with E-state index in [9.17, 15) is 0 Å². The maximum Gasteiger partial charge on any atom is 0.228 e. The Kier molecular flexibility index (Phi) is 5.24. The Hall–Kier alpha value is -1.75. The largest absolute Gasteiger partial charge is 0.339 e. The van der Waals surface area contributed by atoms with E-state index in [2.05, 4.69) is 34.3 Å². The van der Waals surface area contributed by atoms with Crippen molar-refractivity contribution in [2.45, 2.75) is 46.1 Å². The van der Waals surface area contributed by atoms with Gasteiger partial charge in [-0.3, -0.25) is 4.98 Å². The number of rotatable bonds is 7. The van der Waals surface area contributed by atoms with Crippen LogP contribution in [0.4, 0.5) is 0 Å². The number of aromatic nitrogens is 3. The average Bonchev–Trinajstić information content (AvgIpc) is 2.92. The molecule has 1 N–H and O–H groups in total. The lowest BCUT2D eigenvalue weighted by Crippen LogP contribution is -2.31. The second-order valence-corrected chi connectivity index (χ2v) is 4.97. The zero-order chi connectivity index (χ0) is 14.4. The Morgan fingerprint density at radius 2 is 2.20 bits per heavy atom. The lowest BCUT2D eigenvalue weighted by atomic mass is 10.1. The number of hydrogen-bond acceptors (Lipinski definition) is 5. The van der Waals surface area contributed by atoms with Crippen molar-refractivity contribution in [3.63, 3.8) is 0 Å². The average molecular weight is 274 g/mol. The summed E-state index contributed by atoms with van der Waals surface area (Å²) in [5.74, 6) is 1.33. The molecule has 0 bridgehead atoms. The van der Waals surface area contributed by atoms with Crippen LogP contribution in [0.5, 0.6) is 0 Å². The van der Waals surface area contributed by atoms with Gasteiger partial charge in [0.2, 0.25) is 11.7 Å². The summed E-state index contributed by atoms with van der Waals surface area (Å²) in [7, 11) is 0. The highest BCUT2D eigenvalue weighted by Crippen LogP contribution is 2.19. The van der Waals surface area contributed by atoms with Crippen LogP contribution >= 0.6 is 0 Å². The van der Waals surface area contributed by atoms with Crippen LogP contribution in [0.1, 0.15) is 38.1 Å². The minimum absolute atomic E-state index is 0.391. The summed E-state index contributed by atoms with van der Waals surface area (Å²) in [6.07, 6.45) is 6.50. The van der Waals surface area contributed by atoms with E-state index in [1.54, 1.807) is 6.20 Å². The van der Waals surface area contributed by atoms with Gasteiger partial charge >= 0.3 is 0 Å². The number of aryl methyl sites for hydroxylation is 1.